The molecule has 2 heterocycles. The molecule has 17 heavy (non-hydrogen) atoms. The van der Waals surface area contributed by atoms with Crippen molar-refractivity contribution in [2.24, 2.45) is 11.8 Å². The minimum atomic E-state index is -0.306. The van der Waals surface area contributed by atoms with E-state index in [1.807, 2.05) is 0 Å². The first-order chi connectivity index (χ1) is 8.22. The quantitative estimate of drug-likeness (QED) is 0.715. The lowest BCUT2D eigenvalue weighted by atomic mass is 9.79. The van der Waals surface area contributed by atoms with Crippen molar-refractivity contribution in [2.45, 2.75) is 50.4 Å². The van der Waals surface area contributed by atoms with Gasteiger partial charge in [-0.05, 0) is 32.6 Å². The van der Waals surface area contributed by atoms with E-state index >= 15 is 0 Å². The molecule has 3 heteroatoms. The summed E-state index contributed by atoms with van der Waals surface area (Å²) in [5, 5.41) is 14.1. The Bertz CT molecular complexity index is 317. The molecule has 0 spiro atoms. The largest absolute Gasteiger partial charge is 0.391 e. The van der Waals surface area contributed by atoms with Crippen LogP contribution in [0.15, 0.2) is 12.2 Å². The summed E-state index contributed by atoms with van der Waals surface area (Å²) in [5.74, 6) is 0.885. The molecule has 3 aliphatic rings. The van der Waals surface area contributed by atoms with Crippen LogP contribution in [0.1, 0.15) is 32.6 Å². The van der Waals surface area contributed by atoms with Crippen LogP contribution in [0.25, 0.3) is 0 Å². The molecule has 0 aromatic heterocycles. The second kappa shape index (κ2) is 4.38. The van der Waals surface area contributed by atoms with Crippen LogP contribution < -0.4 is 5.32 Å². The second-order valence-corrected chi connectivity index (χ2v) is 5.92. The van der Waals surface area contributed by atoms with Crippen LogP contribution in [0.5, 0.6) is 0 Å². The Morgan fingerprint density at radius 3 is 3.12 bits per heavy atom. The Kier molecular flexibility index (Phi) is 3.01. The molecule has 0 aromatic carbocycles. The Balaban J connectivity index is 1.75. The number of hydrogen-bond acceptors (Lipinski definition) is 3. The van der Waals surface area contributed by atoms with Crippen LogP contribution >= 0.6 is 0 Å². The number of nitrogens with one attached hydrogen (secondary N) is 1. The van der Waals surface area contributed by atoms with Gasteiger partial charge in [-0.2, -0.15) is 0 Å². The highest BCUT2D eigenvalue weighted by atomic mass is 16.5. The summed E-state index contributed by atoms with van der Waals surface area (Å²) in [4.78, 5) is 0. The van der Waals surface area contributed by atoms with Crippen LogP contribution in [0, 0.1) is 11.8 Å². The summed E-state index contributed by atoms with van der Waals surface area (Å²) in [6.07, 6.45) is 8.70. The van der Waals surface area contributed by atoms with E-state index in [0.717, 1.165) is 32.4 Å². The lowest BCUT2D eigenvalue weighted by Gasteiger charge is -2.36. The number of ether oxygens (including phenoxy) is 1. The zero-order chi connectivity index (χ0) is 11.9. The average Bonchev–Trinajstić information content (AvgIpc) is 2.85. The molecule has 0 aromatic rings. The molecule has 96 valence electrons. The number of allylic oxidation sites excluding steroid dienone is 1. The standard InChI is InChI=1S/C14H23NO2/c1-14-11(7-8-17-14)9-15-13(14)12(16)10-5-3-2-4-6-10/h3,5,10-13,15-16H,2,4,6-9H2,1H3/t10-,11+,12+,13-,14+/m1/s1. The normalized spacial score (nSPS) is 47.1. The first-order valence-corrected chi connectivity index (χ1v) is 6.94. The number of rotatable bonds is 2. The zero-order valence-corrected chi connectivity index (χ0v) is 10.6. The van der Waals surface area contributed by atoms with Gasteiger partial charge < -0.3 is 15.2 Å². The number of aliphatic hydroxyl groups is 1. The third-order valence-corrected chi connectivity index (χ3v) is 4.96. The molecule has 0 radical (unpaired) electrons. The van der Waals surface area contributed by atoms with Gasteiger partial charge in [-0.3, -0.25) is 0 Å². The Hall–Kier alpha value is -0.380. The maximum Gasteiger partial charge on any atom is 0.0873 e. The van der Waals surface area contributed by atoms with Crippen molar-refractivity contribution < 1.29 is 9.84 Å². The molecule has 0 amide bonds. The van der Waals surface area contributed by atoms with Crippen LogP contribution in [0.2, 0.25) is 0 Å². The SMILES string of the molecule is C[C@]12OCC[C@H]1CN[C@@H]2[C@@H](O)[C@@H]1C=CCCC1. The van der Waals surface area contributed by atoms with Gasteiger partial charge in [-0.1, -0.05) is 12.2 Å². The lowest BCUT2D eigenvalue weighted by molar-refractivity contribution is -0.0545. The summed E-state index contributed by atoms with van der Waals surface area (Å²) >= 11 is 0. The minimum Gasteiger partial charge on any atom is -0.391 e. The van der Waals surface area contributed by atoms with Crippen molar-refractivity contribution in [1.82, 2.24) is 5.32 Å². The molecular weight excluding hydrogens is 214 g/mol. The fourth-order valence-electron chi connectivity index (χ4n) is 3.78. The fourth-order valence-corrected chi connectivity index (χ4v) is 3.78. The summed E-state index contributed by atoms with van der Waals surface area (Å²) in [5.41, 5.74) is -0.148. The van der Waals surface area contributed by atoms with E-state index in [-0.39, 0.29) is 17.7 Å². The maximum atomic E-state index is 10.6. The number of fused-ring (bicyclic) bond motifs is 1. The molecule has 2 fully saturated rings. The molecule has 0 saturated carbocycles. The number of hydrogen-bond donors (Lipinski definition) is 2. The number of aliphatic hydroxyl groups excluding tert-OH is 1. The predicted molar refractivity (Wildman–Crippen MR) is 66.7 cm³/mol. The fraction of sp³-hybridized carbons (Fsp3) is 0.857. The molecule has 2 aliphatic heterocycles. The zero-order valence-electron chi connectivity index (χ0n) is 10.6. The van der Waals surface area contributed by atoms with Gasteiger partial charge in [-0.15, -0.1) is 0 Å². The van der Waals surface area contributed by atoms with Gasteiger partial charge in [-0.25, -0.2) is 0 Å². The summed E-state index contributed by atoms with van der Waals surface area (Å²) in [6.45, 7) is 4.02. The van der Waals surface area contributed by atoms with E-state index in [1.54, 1.807) is 0 Å². The maximum absolute atomic E-state index is 10.6. The highest BCUT2D eigenvalue weighted by molar-refractivity contribution is 5.11. The highest BCUT2D eigenvalue weighted by Crippen LogP contribution is 2.41. The first kappa shape index (κ1) is 11.7. The molecule has 3 nitrogen and oxygen atoms in total. The predicted octanol–water partition coefficient (Wildman–Crippen LogP) is 1.47. The van der Waals surface area contributed by atoms with Crippen molar-refractivity contribution in [3.63, 3.8) is 0 Å². The monoisotopic (exact) mass is 237 g/mol. The topological polar surface area (TPSA) is 41.5 Å². The van der Waals surface area contributed by atoms with E-state index < -0.39 is 0 Å². The van der Waals surface area contributed by atoms with Crippen molar-refractivity contribution >= 4 is 0 Å². The van der Waals surface area contributed by atoms with Crippen molar-refractivity contribution in [3.05, 3.63) is 12.2 Å². The van der Waals surface area contributed by atoms with Crippen molar-refractivity contribution in [2.75, 3.05) is 13.2 Å². The van der Waals surface area contributed by atoms with Gasteiger partial charge >= 0.3 is 0 Å². The average molecular weight is 237 g/mol. The van der Waals surface area contributed by atoms with Crippen LogP contribution in [-0.4, -0.2) is 36.0 Å². The smallest absolute Gasteiger partial charge is 0.0873 e. The van der Waals surface area contributed by atoms with Gasteiger partial charge in [0.15, 0.2) is 0 Å². The van der Waals surface area contributed by atoms with E-state index in [1.165, 1.54) is 6.42 Å². The summed E-state index contributed by atoms with van der Waals surface area (Å²) in [6, 6.07) is 0.0998. The van der Waals surface area contributed by atoms with Gasteiger partial charge in [0.05, 0.1) is 17.7 Å². The van der Waals surface area contributed by atoms with Crippen LogP contribution in [0.3, 0.4) is 0 Å². The summed E-state index contributed by atoms with van der Waals surface area (Å²) in [7, 11) is 0. The van der Waals surface area contributed by atoms with Gasteiger partial charge in [0.1, 0.15) is 0 Å². The van der Waals surface area contributed by atoms with Crippen LogP contribution in [0.4, 0.5) is 0 Å². The molecule has 3 rings (SSSR count). The van der Waals surface area contributed by atoms with Gasteiger partial charge in [0.25, 0.3) is 0 Å². The molecule has 0 bridgehead atoms. The highest BCUT2D eigenvalue weighted by Gasteiger charge is 2.54. The lowest BCUT2D eigenvalue weighted by Crippen LogP contribution is -2.52. The van der Waals surface area contributed by atoms with Crippen LogP contribution in [-0.2, 0) is 4.74 Å². The third kappa shape index (κ3) is 1.85. The summed E-state index contributed by atoms with van der Waals surface area (Å²) < 4.78 is 5.94. The molecule has 0 unspecified atom stereocenters. The van der Waals surface area contributed by atoms with E-state index in [9.17, 15) is 5.11 Å². The Morgan fingerprint density at radius 1 is 1.47 bits per heavy atom. The van der Waals surface area contributed by atoms with Gasteiger partial charge in [0, 0.05) is 25.0 Å². The first-order valence-electron chi connectivity index (χ1n) is 6.94. The van der Waals surface area contributed by atoms with E-state index in [0.29, 0.717) is 11.8 Å². The molecule has 5 atom stereocenters. The second-order valence-electron chi connectivity index (χ2n) is 5.92. The molecule has 2 saturated heterocycles. The molecule has 1 aliphatic carbocycles. The minimum absolute atomic E-state index is 0.0998. The Morgan fingerprint density at radius 2 is 2.35 bits per heavy atom. The third-order valence-electron chi connectivity index (χ3n) is 4.96. The molecular formula is C14H23NO2. The van der Waals surface area contributed by atoms with Gasteiger partial charge in [0.2, 0.25) is 0 Å². The molecule has 2 N–H and O–H groups in total. The van der Waals surface area contributed by atoms with E-state index in [4.69, 9.17) is 4.74 Å². The Labute approximate surface area is 103 Å². The van der Waals surface area contributed by atoms with E-state index in [2.05, 4.69) is 24.4 Å². The van der Waals surface area contributed by atoms with Crippen molar-refractivity contribution in [1.29, 1.82) is 0 Å². The van der Waals surface area contributed by atoms with Crippen molar-refractivity contribution in [3.8, 4) is 0 Å².